The van der Waals surface area contributed by atoms with Crippen molar-refractivity contribution in [2.45, 2.75) is 0 Å². The Morgan fingerprint density at radius 1 is 1.53 bits per heavy atom. The van der Waals surface area contributed by atoms with Gasteiger partial charge in [-0.3, -0.25) is 0 Å². The van der Waals surface area contributed by atoms with Crippen LogP contribution in [0.4, 0.5) is 10.5 Å². The summed E-state index contributed by atoms with van der Waals surface area (Å²) in [5.74, 6) is 0. The number of anilines is 1. The third-order valence-corrected chi connectivity index (χ3v) is 2.06. The second-order valence-electron chi connectivity index (χ2n) is 3.01. The summed E-state index contributed by atoms with van der Waals surface area (Å²) in [5.41, 5.74) is 6.47. The minimum absolute atomic E-state index is 0.445. The molecule has 78 valence electrons. The molecule has 0 fully saturated rings. The van der Waals surface area contributed by atoms with Crippen LogP contribution in [-0.2, 0) is 4.74 Å². The van der Waals surface area contributed by atoms with Crippen LogP contribution < -0.4 is 11.4 Å². The summed E-state index contributed by atoms with van der Waals surface area (Å²) in [6.07, 6.45) is -0.726. The molecule has 2 rings (SSSR count). The van der Waals surface area contributed by atoms with Gasteiger partial charge in [-0.25, -0.2) is 9.59 Å². The highest BCUT2D eigenvalue weighted by molar-refractivity contribution is 5.87. The maximum Gasteiger partial charge on any atom is 0.422 e. The standard InChI is InChI=1S/C9H9N3O3/c1-15-9(14)12-7-3-2-5(10)4-6(7)11-8(12)13/h2-4H,10H2,1H3,(H,11,13). The number of carbonyl (C=O) groups is 1. The number of carbonyl (C=O) groups excluding carboxylic acids is 1. The first-order valence-corrected chi connectivity index (χ1v) is 4.22. The number of H-pyrrole nitrogens is 1. The number of hydrogen-bond acceptors (Lipinski definition) is 4. The Bertz CT molecular complexity index is 582. The summed E-state index contributed by atoms with van der Waals surface area (Å²) in [4.78, 5) is 25.2. The normalized spacial score (nSPS) is 10.5. The number of methoxy groups -OCH3 is 1. The minimum atomic E-state index is -0.726. The molecule has 0 bridgehead atoms. The second-order valence-corrected chi connectivity index (χ2v) is 3.01. The zero-order valence-corrected chi connectivity index (χ0v) is 7.98. The van der Waals surface area contributed by atoms with E-state index in [2.05, 4.69) is 9.72 Å². The van der Waals surface area contributed by atoms with Gasteiger partial charge in [-0.05, 0) is 18.2 Å². The van der Waals surface area contributed by atoms with E-state index in [0.717, 1.165) is 4.57 Å². The van der Waals surface area contributed by atoms with Gasteiger partial charge in [0, 0.05) is 5.69 Å². The predicted molar refractivity (Wildman–Crippen MR) is 54.8 cm³/mol. The zero-order chi connectivity index (χ0) is 11.0. The molecular weight excluding hydrogens is 198 g/mol. The van der Waals surface area contributed by atoms with E-state index >= 15 is 0 Å². The lowest BCUT2D eigenvalue weighted by atomic mass is 10.3. The molecule has 15 heavy (non-hydrogen) atoms. The number of nitrogens with two attached hydrogens (primary N) is 1. The molecule has 3 N–H and O–H groups in total. The third-order valence-electron chi connectivity index (χ3n) is 2.06. The van der Waals surface area contributed by atoms with Crippen LogP contribution in [0, 0.1) is 0 Å². The number of nitrogens with zero attached hydrogens (tertiary/aromatic N) is 1. The SMILES string of the molecule is COC(=O)n1c(=O)[nH]c2cc(N)ccc21. The van der Waals surface area contributed by atoms with Crippen molar-refractivity contribution in [3.05, 3.63) is 28.7 Å². The number of nitrogen functional groups attached to an aromatic ring is 1. The number of ether oxygens (including phenoxy) is 1. The van der Waals surface area contributed by atoms with Crippen molar-refractivity contribution in [2.75, 3.05) is 12.8 Å². The molecule has 0 aliphatic rings. The third kappa shape index (κ3) is 1.35. The van der Waals surface area contributed by atoms with Crippen molar-refractivity contribution in [3.8, 4) is 0 Å². The number of benzene rings is 1. The lowest BCUT2D eigenvalue weighted by Gasteiger charge is -1.99. The Kier molecular flexibility index (Phi) is 1.96. The molecule has 0 aliphatic carbocycles. The molecule has 0 amide bonds. The van der Waals surface area contributed by atoms with Gasteiger partial charge in [0.15, 0.2) is 0 Å². The summed E-state index contributed by atoms with van der Waals surface area (Å²) < 4.78 is 5.40. The van der Waals surface area contributed by atoms with Gasteiger partial charge in [-0.15, -0.1) is 0 Å². The average molecular weight is 207 g/mol. The fourth-order valence-corrected chi connectivity index (χ4v) is 1.40. The zero-order valence-electron chi connectivity index (χ0n) is 7.98. The van der Waals surface area contributed by atoms with Crippen molar-refractivity contribution < 1.29 is 9.53 Å². The maximum atomic E-state index is 11.4. The van der Waals surface area contributed by atoms with Crippen LogP contribution in [0.1, 0.15) is 0 Å². The van der Waals surface area contributed by atoms with Crippen molar-refractivity contribution in [1.29, 1.82) is 0 Å². The summed E-state index contributed by atoms with van der Waals surface area (Å²) in [5, 5.41) is 0. The highest BCUT2D eigenvalue weighted by Crippen LogP contribution is 2.13. The molecule has 0 spiro atoms. The van der Waals surface area contributed by atoms with Crippen molar-refractivity contribution in [2.24, 2.45) is 0 Å². The number of hydrogen-bond donors (Lipinski definition) is 2. The predicted octanol–water partition coefficient (Wildman–Crippen LogP) is 0.526. The maximum absolute atomic E-state index is 11.4. The van der Waals surface area contributed by atoms with Gasteiger partial charge in [-0.1, -0.05) is 0 Å². The van der Waals surface area contributed by atoms with Crippen molar-refractivity contribution in [1.82, 2.24) is 9.55 Å². The molecule has 1 aromatic carbocycles. The summed E-state index contributed by atoms with van der Waals surface area (Å²) in [6.45, 7) is 0. The van der Waals surface area contributed by atoms with Crippen LogP contribution in [0.15, 0.2) is 23.0 Å². The fraction of sp³-hybridized carbons (Fsp3) is 0.111. The molecule has 0 atom stereocenters. The molecule has 1 aromatic heterocycles. The number of imidazole rings is 1. The smallest absolute Gasteiger partial charge is 0.422 e. The highest BCUT2D eigenvalue weighted by atomic mass is 16.5. The molecule has 0 aliphatic heterocycles. The topological polar surface area (TPSA) is 90.1 Å². The summed E-state index contributed by atoms with van der Waals surface area (Å²) in [7, 11) is 1.21. The van der Waals surface area contributed by atoms with Crippen LogP contribution in [-0.4, -0.2) is 22.8 Å². The number of rotatable bonds is 0. The Morgan fingerprint density at radius 3 is 2.93 bits per heavy atom. The van der Waals surface area contributed by atoms with Crippen LogP contribution >= 0.6 is 0 Å². The largest absolute Gasteiger partial charge is 0.452 e. The Balaban J connectivity index is 2.80. The van der Waals surface area contributed by atoms with E-state index in [9.17, 15) is 9.59 Å². The number of nitrogens with one attached hydrogen (secondary N) is 1. The number of fused-ring (bicyclic) bond motifs is 1. The molecule has 6 heteroatoms. The van der Waals surface area contributed by atoms with Gasteiger partial charge < -0.3 is 15.5 Å². The molecule has 1 heterocycles. The summed E-state index contributed by atoms with van der Waals surface area (Å²) >= 11 is 0. The molecule has 0 saturated heterocycles. The first-order valence-electron chi connectivity index (χ1n) is 4.22. The molecule has 0 unspecified atom stereocenters. The molecule has 2 aromatic rings. The molecule has 0 saturated carbocycles. The van der Waals surface area contributed by atoms with E-state index in [0.29, 0.717) is 16.7 Å². The van der Waals surface area contributed by atoms with Gasteiger partial charge in [0.25, 0.3) is 0 Å². The molecule has 6 nitrogen and oxygen atoms in total. The Hall–Kier alpha value is -2.24. The van der Waals surface area contributed by atoms with E-state index in [-0.39, 0.29) is 0 Å². The number of aromatic amines is 1. The highest BCUT2D eigenvalue weighted by Gasteiger charge is 2.13. The monoisotopic (exact) mass is 207 g/mol. The Labute approximate surface area is 84.3 Å². The van der Waals surface area contributed by atoms with E-state index in [1.807, 2.05) is 0 Å². The van der Waals surface area contributed by atoms with Crippen LogP contribution in [0.25, 0.3) is 11.0 Å². The van der Waals surface area contributed by atoms with Crippen LogP contribution in [0.5, 0.6) is 0 Å². The van der Waals surface area contributed by atoms with Gasteiger partial charge in [0.2, 0.25) is 0 Å². The molecular formula is C9H9N3O3. The van der Waals surface area contributed by atoms with E-state index < -0.39 is 11.8 Å². The van der Waals surface area contributed by atoms with E-state index in [1.165, 1.54) is 7.11 Å². The van der Waals surface area contributed by atoms with Gasteiger partial charge in [-0.2, -0.15) is 4.57 Å². The first kappa shape index (κ1) is 9.32. The van der Waals surface area contributed by atoms with E-state index in [4.69, 9.17) is 5.73 Å². The van der Waals surface area contributed by atoms with E-state index in [1.54, 1.807) is 18.2 Å². The van der Waals surface area contributed by atoms with Gasteiger partial charge in [0.05, 0.1) is 18.1 Å². The minimum Gasteiger partial charge on any atom is -0.452 e. The van der Waals surface area contributed by atoms with Crippen LogP contribution in [0.2, 0.25) is 0 Å². The molecule has 0 radical (unpaired) electrons. The average Bonchev–Trinajstić information content (AvgIpc) is 2.52. The quantitative estimate of drug-likeness (QED) is 0.616. The Morgan fingerprint density at radius 2 is 2.27 bits per heavy atom. The lowest BCUT2D eigenvalue weighted by molar-refractivity contribution is 0.173. The fourth-order valence-electron chi connectivity index (χ4n) is 1.40. The van der Waals surface area contributed by atoms with Crippen molar-refractivity contribution >= 4 is 22.8 Å². The lowest BCUT2D eigenvalue weighted by Crippen LogP contribution is -2.24. The van der Waals surface area contributed by atoms with Gasteiger partial charge >= 0.3 is 11.8 Å². The second kappa shape index (κ2) is 3.16. The van der Waals surface area contributed by atoms with Crippen LogP contribution in [0.3, 0.4) is 0 Å². The number of aromatic nitrogens is 2. The van der Waals surface area contributed by atoms with Gasteiger partial charge in [0.1, 0.15) is 0 Å². The summed E-state index contributed by atoms with van der Waals surface area (Å²) in [6, 6.07) is 4.77. The van der Waals surface area contributed by atoms with Crippen molar-refractivity contribution in [3.63, 3.8) is 0 Å². The first-order chi connectivity index (χ1) is 7.13.